The summed E-state index contributed by atoms with van der Waals surface area (Å²) in [7, 11) is 0.781. The minimum Gasteiger partial charge on any atom is -0.497 e. The molecule has 0 unspecified atom stereocenters. The van der Waals surface area contributed by atoms with Gasteiger partial charge in [0, 0.05) is 13.6 Å². The Kier molecular flexibility index (Phi) is 7.83. The van der Waals surface area contributed by atoms with Crippen LogP contribution in [0.3, 0.4) is 0 Å². The van der Waals surface area contributed by atoms with Gasteiger partial charge in [-0.1, -0.05) is 12.1 Å². The molecule has 0 saturated heterocycles. The Morgan fingerprint density at radius 3 is 2.04 bits per heavy atom. The molecule has 2 aromatic rings. The van der Waals surface area contributed by atoms with E-state index in [1.54, 1.807) is 19.2 Å². The Labute approximate surface area is 166 Å². The van der Waals surface area contributed by atoms with Gasteiger partial charge in [-0.3, -0.25) is 4.79 Å². The number of sulfonamides is 1. The number of hydrogen-bond acceptors (Lipinski definition) is 5. The molecule has 0 radical (unpaired) electrons. The van der Waals surface area contributed by atoms with Gasteiger partial charge in [0.1, 0.15) is 11.5 Å². The lowest BCUT2D eigenvalue weighted by Crippen LogP contribution is -2.38. The Bertz CT molecular complexity index is 864. The highest BCUT2D eigenvalue weighted by Gasteiger charge is 2.22. The minimum absolute atomic E-state index is 0.114. The van der Waals surface area contributed by atoms with Gasteiger partial charge in [0.05, 0.1) is 25.7 Å². The second-order valence-electron chi connectivity index (χ2n) is 6.24. The van der Waals surface area contributed by atoms with Gasteiger partial charge in [0.15, 0.2) is 0 Å². The maximum absolute atomic E-state index is 12.5. The van der Waals surface area contributed by atoms with Crippen molar-refractivity contribution in [1.82, 2.24) is 9.62 Å². The molecule has 0 aliphatic heterocycles. The second-order valence-corrected chi connectivity index (χ2v) is 8.28. The highest BCUT2D eigenvalue weighted by Crippen LogP contribution is 2.18. The molecule has 0 heterocycles. The van der Waals surface area contributed by atoms with Crippen molar-refractivity contribution in [2.75, 3.05) is 34.4 Å². The van der Waals surface area contributed by atoms with Crippen molar-refractivity contribution in [3.05, 3.63) is 54.1 Å². The number of nitrogens with one attached hydrogen (secondary N) is 1. The molecular formula is C20H26N2O5S. The maximum atomic E-state index is 12.5. The molecule has 0 aliphatic carbocycles. The highest BCUT2D eigenvalue weighted by atomic mass is 32.2. The van der Waals surface area contributed by atoms with E-state index in [4.69, 9.17) is 9.47 Å². The molecule has 0 spiro atoms. The Morgan fingerprint density at radius 2 is 1.50 bits per heavy atom. The van der Waals surface area contributed by atoms with E-state index >= 15 is 0 Å². The first-order chi connectivity index (χ1) is 13.4. The van der Waals surface area contributed by atoms with Crippen LogP contribution < -0.4 is 14.8 Å². The van der Waals surface area contributed by atoms with Crippen molar-refractivity contribution >= 4 is 15.9 Å². The second kappa shape index (κ2) is 10.1. The summed E-state index contributed by atoms with van der Waals surface area (Å²) < 4.78 is 36.2. The van der Waals surface area contributed by atoms with E-state index in [1.807, 2.05) is 24.3 Å². The van der Waals surface area contributed by atoms with Crippen molar-refractivity contribution in [2.45, 2.75) is 17.7 Å². The van der Waals surface area contributed by atoms with Crippen molar-refractivity contribution < 1.29 is 22.7 Å². The fraction of sp³-hybridized carbons (Fsp3) is 0.350. The fourth-order valence-corrected chi connectivity index (χ4v) is 3.71. The Morgan fingerprint density at radius 1 is 0.964 bits per heavy atom. The lowest BCUT2D eigenvalue weighted by molar-refractivity contribution is -0.121. The SMILES string of the molecule is COc1ccc(CCCNC(=O)CN(C)S(=O)(=O)c2ccc(OC)cc2)cc1. The van der Waals surface area contributed by atoms with Gasteiger partial charge in [0.2, 0.25) is 15.9 Å². The molecule has 1 amide bonds. The summed E-state index contributed by atoms with van der Waals surface area (Å²) in [5, 5.41) is 2.76. The van der Waals surface area contributed by atoms with E-state index in [0.29, 0.717) is 12.3 Å². The fourth-order valence-electron chi connectivity index (χ4n) is 2.58. The zero-order chi connectivity index (χ0) is 20.6. The van der Waals surface area contributed by atoms with E-state index in [9.17, 15) is 13.2 Å². The molecular weight excluding hydrogens is 380 g/mol. The number of rotatable bonds is 10. The van der Waals surface area contributed by atoms with Crippen LogP contribution in [0.25, 0.3) is 0 Å². The summed E-state index contributed by atoms with van der Waals surface area (Å²) in [5.74, 6) is 1.03. The van der Waals surface area contributed by atoms with Gasteiger partial charge in [-0.25, -0.2) is 8.42 Å². The lowest BCUT2D eigenvalue weighted by Gasteiger charge is -2.17. The third-order valence-corrected chi connectivity index (χ3v) is 6.07. The van der Waals surface area contributed by atoms with E-state index < -0.39 is 10.0 Å². The molecule has 28 heavy (non-hydrogen) atoms. The van der Waals surface area contributed by atoms with Crippen molar-refractivity contribution in [3.63, 3.8) is 0 Å². The maximum Gasteiger partial charge on any atom is 0.243 e. The lowest BCUT2D eigenvalue weighted by atomic mass is 10.1. The van der Waals surface area contributed by atoms with E-state index in [0.717, 1.165) is 28.5 Å². The van der Waals surface area contributed by atoms with Crippen LogP contribution in [0.15, 0.2) is 53.4 Å². The molecule has 2 aromatic carbocycles. The first-order valence-corrected chi connectivity index (χ1v) is 10.3. The number of aryl methyl sites for hydroxylation is 1. The van der Waals surface area contributed by atoms with Crippen molar-refractivity contribution in [2.24, 2.45) is 0 Å². The standard InChI is InChI=1S/C20H26N2O5S/c1-22(28(24,25)19-12-10-18(27-3)11-13-19)15-20(23)21-14-4-5-16-6-8-17(26-2)9-7-16/h6-13H,4-5,14-15H2,1-3H3,(H,21,23). The molecule has 2 rings (SSSR count). The van der Waals surface area contributed by atoms with Crippen LogP contribution in [0.2, 0.25) is 0 Å². The van der Waals surface area contributed by atoms with Crippen LogP contribution in [0.1, 0.15) is 12.0 Å². The van der Waals surface area contributed by atoms with Gasteiger partial charge >= 0.3 is 0 Å². The van der Waals surface area contributed by atoms with Crippen LogP contribution in [-0.4, -0.2) is 53.0 Å². The average Bonchev–Trinajstić information content (AvgIpc) is 2.71. The average molecular weight is 407 g/mol. The van der Waals surface area contributed by atoms with Crippen molar-refractivity contribution in [1.29, 1.82) is 0 Å². The first kappa shape index (κ1) is 21.7. The van der Waals surface area contributed by atoms with Gasteiger partial charge in [-0.15, -0.1) is 0 Å². The molecule has 0 aromatic heterocycles. The molecule has 0 bridgehead atoms. The zero-order valence-electron chi connectivity index (χ0n) is 16.3. The number of methoxy groups -OCH3 is 2. The third-order valence-electron chi connectivity index (χ3n) is 4.26. The summed E-state index contributed by atoms with van der Waals surface area (Å²) in [4.78, 5) is 12.2. The summed E-state index contributed by atoms with van der Waals surface area (Å²) in [6, 6.07) is 13.8. The molecule has 0 saturated carbocycles. The summed E-state index contributed by atoms with van der Waals surface area (Å²) in [5.41, 5.74) is 1.15. The van der Waals surface area contributed by atoms with E-state index in [2.05, 4.69) is 5.32 Å². The zero-order valence-corrected chi connectivity index (χ0v) is 17.2. The summed E-state index contributed by atoms with van der Waals surface area (Å²) >= 11 is 0. The van der Waals surface area contributed by atoms with Gasteiger partial charge in [-0.05, 0) is 54.8 Å². The number of ether oxygens (including phenoxy) is 2. The predicted octanol–water partition coefficient (Wildman–Crippen LogP) is 2.07. The molecule has 152 valence electrons. The number of benzene rings is 2. The molecule has 0 aliphatic rings. The van der Waals surface area contributed by atoms with Crippen LogP contribution in [0.4, 0.5) is 0 Å². The third kappa shape index (κ3) is 5.97. The Hall–Kier alpha value is -2.58. The topological polar surface area (TPSA) is 84.9 Å². The summed E-state index contributed by atoms with van der Waals surface area (Å²) in [6.45, 7) is 0.234. The predicted molar refractivity (Wildman–Crippen MR) is 107 cm³/mol. The van der Waals surface area contributed by atoms with E-state index in [1.165, 1.54) is 26.3 Å². The molecule has 0 fully saturated rings. The first-order valence-electron chi connectivity index (χ1n) is 8.87. The minimum atomic E-state index is -3.73. The molecule has 8 heteroatoms. The van der Waals surface area contributed by atoms with Crippen LogP contribution in [-0.2, 0) is 21.2 Å². The van der Waals surface area contributed by atoms with E-state index in [-0.39, 0.29) is 17.3 Å². The van der Waals surface area contributed by atoms with Gasteiger partial charge < -0.3 is 14.8 Å². The molecule has 1 N–H and O–H groups in total. The quantitative estimate of drug-likeness (QED) is 0.611. The normalized spacial score (nSPS) is 11.3. The molecule has 0 atom stereocenters. The summed E-state index contributed by atoms with van der Waals surface area (Å²) in [6.07, 6.45) is 1.57. The van der Waals surface area contributed by atoms with Crippen LogP contribution >= 0.6 is 0 Å². The Balaban J connectivity index is 1.79. The van der Waals surface area contributed by atoms with Gasteiger partial charge in [0.25, 0.3) is 0 Å². The number of likely N-dealkylation sites (N-methyl/N-ethyl adjacent to an activating group) is 1. The largest absolute Gasteiger partial charge is 0.497 e. The smallest absolute Gasteiger partial charge is 0.243 e. The number of carbonyl (C=O) groups excluding carboxylic acids is 1. The highest BCUT2D eigenvalue weighted by molar-refractivity contribution is 7.89. The van der Waals surface area contributed by atoms with Crippen LogP contribution in [0.5, 0.6) is 11.5 Å². The van der Waals surface area contributed by atoms with Gasteiger partial charge in [-0.2, -0.15) is 4.31 Å². The number of carbonyl (C=O) groups is 1. The van der Waals surface area contributed by atoms with Crippen molar-refractivity contribution in [3.8, 4) is 11.5 Å². The number of nitrogens with zero attached hydrogens (tertiary/aromatic N) is 1. The van der Waals surface area contributed by atoms with Crippen LogP contribution in [0, 0.1) is 0 Å². The molecule has 7 nitrogen and oxygen atoms in total. The monoisotopic (exact) mass is 406 g/mol. The number of amides is 1. The number of hydrogen-bond donors (Lipinski definition) is 1.